The minimum atomic E-state index is -2.75. The molecule has 3 N–H and O–H groups in total. The molecular formula is C12H17N4OS+. The van der Waals surface area contributed by atoms with E-state index in [-0.39, 0.29) is 10.4 Å². The van der Waals surface area contributed by atoms with Gasteiger partial charge in [-0.3, -0.25) is 0 Å². The van der Waals surface area contributed by atoms with E-state index < -0.39 is 56.7 Å². The first-order valence-corrected chi connectivity index (χ1v) is 5.71. The summed E-state index contributed by atoms with van der Waals surface area (Å²) in [5, 5.41) is 9.40. The van der Waals surface area contributed by atoms with Gasteiger partial charge in [0.25, 0.3) is 0 Å². The largest absolute Gasteiger partial charge is 0.396 e. The van der Waals surface area contributed by atoms with E-state index in [4.69, 9.17) is 19.4 Å². The molecule has 2 heterocycles. The zero-order valence-corrected chi connectivity index (χ0v) is 9.95. The third kappa shape index (κ3) is 2.65. The quantitative estimate of drug-likeness (QED) is 0.802. The molecule has 2 aromatic heterocycles. The van der Waals surface area contributed by atoms with E-state index >= 15 is 0 Å². The Morgan fingerprint density at radius 2 is 2.56 bits per heavy atom. The molecule has 0 aliphatic carbocycles. The molecule has 1 unspecified atom stereocenters. The number of thiazole rings is 1. The molecule has 5 nitrogen and oxygen atoms in total. The average molecular weight is 275 g/mol. The van der Waals surface area contributed by atoms with Crippen molar-refractivity contribution in [1.82, 2.24) is 9.97 Å². The van der Waals surface area contributed by atoms with E-state index in [1.807, 2.05) is 0 Å². The normalized spacial score (nSPS) is 22.9. The van der Waals surface area contributed by atoms with Gasteiger partial charge in [0.05, 0.1) is 14.6 Å². The third-order valence-corrected chi connectivity index (χ3v) is 3.08. The van der Waals surface area contributed by atoms with Crippen LogP contribution in [0.2, 0.25) is 0 Å². The standard InChI is InChI=1S/C12H17N4OS/c1-8-11(3-4-17)18-7-16(8)6-10-5-14-9(2)15-12(10)13/h5,7,17H,3-4,6H2,1-2H3,(H2,13,14,15)/q+1/i1D3,2D3,4D2,5D,6D. The predicted octanol–water partition coefficient (Wildman–Crippen LogP) is 0.608. The summed E-state index contributed by atoms with van der Waals surface area (Å²) in [6, 6.07) is 0. The maximum Gasteiger partial charge on any atom is 0.225 e. The van der Waals surface area contributed by atoms with Gasteiger partial charge < -0.3 is 10.8 Å². The smallest absolute Gasteiger partial charge is 0.225 e. The molecule has 0 spiro atoms. The number of nitrogens with two attached hydrogens (primary N) is 1. The SMILES string of the molecule is [2H]c1nc(C([2H])([2H])[2H])nc(N)c1C([2H])[n+]1csc(CC([2H])([2H])O)c1C([2H])([2H])[2H]. The van der Waals surface area contributed by atoms with Gasteiger partial charge in [-0.15, -0.1) is 0 Å². The van der Waals surface area contributed by atoms with Gasteiger partial charge in [0.15, 0.2) is 12.2 Å². The molecule has 0 bridgehead atoms. The molecule has 0 fully saturated rings. The van der Waals surface area contributed by atoms with Crippen molar-refractivity contribution >= 4 is 17.2 Å². The zero-order chi connectivity index (χ0) is 21.7. The van der Waals surface area contributed by atoms with Crippen molar-refractivity contribution in [3.63, 3.8) is 0 Å². The summed E-state index contributed by atoms with van der Waals surface area (Å²) in [6.07, 6.45) is -1.24. The van der Waals surface area contributed by atoms with E-state index in [2.05, 4.69) is 9.97 Å². The number of rotatable bonds is 4. The van der Waals surface area contributed by atoms with Crippen molar-refractivity contribution in [2.24, 2.45) is 0 Å². The Labute approximate surface area is 124 Å². The van der Waals surface area contributed by atoms with Gasteiger partial charge in [0.1, 0.15) is 13.0 Å². The lowest BCUT2D eigenvalue weighted by atomic mass is 10.2. The highest BCUT2D eigenvalue weighted by Gasteiger charge is 2.16. The molecule has 96 valence electrons. The summed E-state index contributed by atoms with van der Waals surface area (Å²) in [7, 11) is 0. The predicted molar refractivity (Wildman–Crippen MR) is 70.3 cm³/mol. The second-order valence-corrected chi connectivity index (χ2v) is 4.26. The van der Waals surface area contributed by atoms with Crippen LogP contribution in [0.1, 0.15) is 35.7 Å². The summed E-state index contributed by atoms with van der Waals surface area (Å²) in [4.78, 5) is 7.17. The van der Waals surface area contributed by atoms with E-state index in [0.717, 1.165) is 15.9 Å². The first-order chi connectivity index (χ1) is 12.5. The van der Waals surface area contributed by atoms with Crippen LogP contribution >= 0.6 is 11.3 Å². The number of aryl methyl sites for hydroxylation is 2. The summed E-state index contributed by atoms with van der Waals surface area (Å²) >= 11 is 0.822. The Balaban J connectivity index is 2.60. The first kappa shape index (κ1) is 5.22. The molecule has 1 atom stereocenters. The molecule has 6 heteroatoms. The number of nitrogen functional groups attached to an aromatic ring is 1. The number of nitrogens with zero attached hydrogens (tertiary/aromatic N) is 3. The van der Waals surface area contributed by atoms with Crippen molar-refractivity contribution in [1.29, 1.82) is 0 Å². The number of hydrogen-bond donors (Lipinski definition) is 2. The van der Waals surface area contributed by atoms with Crippen LogP contribution in [-0.4, -0.2) is 21.6 Å². The lowest BCUT2D eigenvalue weighted by Crippen LogP contribution is -2.35. The second-order valence-electron chi connectivity index (χ2n) is 3.32. The minimum absolute atomic E-state index is 0.00474. The van der Waals surface area contributed by atoms with Crippen LogP contribution in [0.25, 0.3) is 0 Å². The maximum atomic E-state index is 9.40. The van der Waals surface area contributed by atoms with Crippen LogP contribution in [0.5, 0.6) is 0 Å². The Bertz CT molecular complexity index is 850. The van der Waals surface area contributed by atoms with E-state index in [0.29, 0.717) is 0 Å². The van der Waals surface area contributed by atoms with Crippen molar-refractivity contribution < 1.29 is 23.4 Å². The van der Waals surface area contributed by atoms with Crippen LogP contribution in [0.3, 0.4) is 0 Å². The van der Waals surface area contributed by atoms with Gasteiger partial charge in [-0.2, -0.15) is 4.57 Å². The summed E-state index contributed by atoms with van der Waals surface area (Å²) < 4.78 is 76.8. The number of hydrogen-bond acceptors (Lipinski definition) is 5. The molecular weight excluding hydrogens is 248 g/mol. The van der Waals surface area contributed by atoms with Crippen molar-refractivity contribution in [3.8, 4) is 0 Å². The average Bonchev–Trinajstić information content (AvgIpc) is 2.86. The Kier molecular flexibility index (Phi) is 1.57. The fraction of sp³-hybridized carbons (Fsp3) is 0.417. The minimum Gasteiger partial charge on any atom is -0.396 e. The fourth-order valence-electron chi connectivity index (χ4n) is 1.27. The summed E-state index contributed by atoms with van der Waals surface area (Å²) in [5.74, 6) is -1.10. The molecule has 0 aromatic carbocycles. The highest BCUT2D eigenvalue weighted by Crippen LogP contribution is 2.13. The topological polar surface area (TPSA) is 75.9 Å². The molecule has 18 heavy (non-hydrogen) atoms. The van der Waals surface area contributed by atoms with Crippen LogP contribution in [0, 0.1) is 13.7 Å². The van der Waals surface area contributed by atoms with E-state index in [9.17, 15) is 5.11 Å². The number of aromatic nitrogens is 3. The molecule has 0 saturated carbocycles. The molecule has 0 radical (unpaired) electrons. The third-order valence-electron chi connectivity index (χ3n) is 2.12. The molecule has 0 aliphatic rings. The summed E-state index contributed by atoms with van der Waals surface area (Å²) in [6.45, 7) is -9.72. The number of anilines is 1. The molecule has 2 rings (SSSR count). The van der Waals surface area contributed by atoms with E-state index in [1.54, 1.807) is 0 Å². The molecule has 0 aliphatic heterocycles. The summed E-state index contributed by atoms with van der Waals surface area (Å²) in [5.41, 5.74) is 6.28. The lowest BCUT2D eigenvalue weighted by Gasteiger charge is -2.01. The second kappa shape index (κ2) is 5.41. The van der Waals surface area contributed by atoms with Gasteiger partial charge in [0.2, 0.25) is 5.51 Å². The zero-order valence-electron chi connectivity index (χ0n) is 19.1. The molecule has 0 saturated heterocycles. The first-order valence-electron chi connectivity index (χ1n) is 9.91. The van der Waals surface area contributed by atoms with E-state index in [1.165, 1.54) is 5.51 Å². The van der Waals surface area contributed by atoms with Crippen molar-refractivity contribution in [2.45, 2.75) is 26.6 Å². The van der Waals surface area contributed by atoms with Gasteiger partial charge in [0, 0.05) is 34.2 Å². The Morgan fingerprint density at radius 3 is 3.22 bits per heavy atom. The molecule has 2 aromatic rings. The highest BCUT2D eigenvalue weighted by atomic mass is 32.1. The number of aliphatic hydroxyl groups is 1. The van der Waals surface area contributed by atoms with Crippen LogP contribution in [0.15, 0.2) is 11.7 Å². The van der Waals surface area contributed by atoms with Crippen molar-refractivity contribution in [3.05, 3.63) is 33.6 Å². The maximum absolute atomic E-state index is 9.40. The van der Waals surface area contributed by atoms with Gasteiger partial charge in [-0.05, 0) is 6.85 Å². The Morgan fingerprint density at radius 1 is 1.67 bits per heavy atom. The van der Waals surface area contributed by atoms with Gasteiger partial charge in [-0.1, -0.05) is 11.3 Å². The Hall–Kier alpha value is -1.53. The van der Waals surface area contributed by atoms with Crippen LogP contribution in [0.4, 0.5) is 5.82 Å². The highest BCUT2D eigenvalue weighted by molar-refractivity contribution is 7.09. The van der Waals surface area contributed by atoms with Gasteiger partial charge in [-0.25, -0.2) is 9.97 Å². The van der Waals surface area contributed by atoms with Gasteiger partial charge >= 0.3 is 0 Å². The van der Waals surface area contributed by atoms with Crippen LogP contribution < -0.4 is 10.3 Å². The fourth-order valence-corrected chi connectivity index (χ4v) is 2.04. The lowest BCUT2D eigenvalue weighted by molar-refractivity contribution is -0.689. The van der Waals surface area contributed by atoms with Crippen LogP contribution in [-0.2, 0) is 12.9 Å². The van der Waals surface area contributed by atoms with Crippen molar-refractivity contribution in [2.75, 3.05) is 12.3 Å². The molecule has 0 amide bonds. The monoisotopic (exact) mass is 275 g/mol.